The Morgan fingerprint density at radius 2 is 1.83 bits per heavy atom. The van der Waals surface area contributed by atoms with Crippen molar-refractivity contribution in [1.29, 1.82) is 5.41 Å². The monoisotopic (exact) mass is 532 g/mol. The van der Waals surface area contributed by atoms with E-state index in [0.29, 0.717) is 45.8 Å². The summed E-state index contributed by atoms with van der Waals surface area (Å²) in [5, 5.41) is 9.42. The lowest BCUT2D eigenvalue weighted by molar-refractivity contribution is 0.132. The van der Waals surface area contributed by atoms with Crippen LogP contribution in [0.5, 0.6) is 11.5 Å². The lowest BCUT2D eigenvalue weighted by Crippen LogP contribution is -2.67. The maximum Gasteiger partial charge on any atom is 0.166 e. The first-order chi connectivity index (χ1) is 17.0. The molecule has 1 aromatic carbocycles. The first-order valence-electron chi connectivity index (χ1n) is 11.1. The Balaban J connectivity index is 1.57. The first kappa shape index (κ1) is 25.9. The van der Waals surface area contributed by atoms with Crippen molar-refractivity contribution in [3.05, 3.63) is 69.3 Å². The summed E-state index contributed by atoms with van der Waals surface area (Å²) < 4.78 is 26.3. The van der Waals surface area contributed by atoms with E-state index in [1.165, 1.54) is 31.8 Å². The summed E-state index contributed by atoms with van der Waals surface area (Å²) in [4.78, 5) is 12.2. The minimum atomic E-state index is -0.497. The molecular weight excluding hydrogens is 506 g/mol. The van der Waals surface area contributed by atoms with E-state index >= 15 is 4.39 Å². The third kappa shape index (κ3) is 4.91. The highest BCUT2D eigenvalue weighted by Gasteiger charge is 2.42. The smallest absolute Gasteiger partial charge is 0.166 e. The summed E-state index contributed by atoms with van der Waals surface area (Å²) in [7, 11) is 5.49. The van der Waals surface area contributed by atoms with Crippen molar-refractivity contribution in [2.45, 2.75) is 19.1 Å². The molecule has 1 saturated heterocycles. The van der Waals surface area contributed by atoms with Crippen molar-refractivity contribution in [3.8, 4) is 11.5 Å². The standard InChI is InChI=1S/C25H27Cl2FN6O2/c1-25(33(2)3)12-34(13-25)24-19(28)5-14(8-32-24)23(30)15-6-22(21(35-4)7-20(15)29)36-11-16-17(26)9-31-10-18(16)27/h5-10,30H,11-13,29H2,1-4H3. The van der Waals surface area contributed by atoms with E-state index in [4.69, 9.17) is 43.8 Å². The molecule has 0 amide bonds. The number of nitrogens with zero attached hydrogens (tertiary/aromatic N) is 4. The molecule has 3 N–H and O–H groups in total. The molecule has 11 heteroatoms. The van der Waals surface area contributed by atoms with Gasteiger partial charge in [0.25, 0.3) is 0 Å². The Bertz CT molecular complexity index is 1290. The average Bonchev–Trinajstić information content (AvgIpc) is 2.81. The second kappa shape index (κ2) is 10.1. The molecule has 190 valence electrons. The molecule has 36 heavy (non-hydrogen) atoms. The van der Waals surface area contributed by atoms with Gasteiger partial charge in [-0.25, -0.2) is 9.37 Å². The molecule has 1 aliphatic rings. The van der Waals surface area contributed by atoms with Gasteiger partial charge < -0.3 is 25.0 Å². The van der Waals surface area contributed by atoms with E-state index in [1.54, 1.807) is 12.1 Å². The summed E-state index contributed by atoms with van der Waals surface area (Å²) in [6.45, 7) is 3.49. The molecule has 0 atom stereocenters. The second-order valence-corrected chi connectivity index (χ2v) is 9.93. The number of nitrogen functional groups attached to an aromatic ring is 1. The van der Waals surface area contributed by atoms with E-state index in [9.17, 15) is 0 Å². The number of hydrogen-bond donors (Lipinski definition) is 2. The molecule has 3 heterocycles. The fourth-order valence-electron chi connectivity index (χ4n) is 3.95. The third-order valence-electron chi connectivity index (χ3n) is 6.48. The van der Waals surface area contributed by atoms with Crippen molar-refractivity contribution in [3.63, 3.8) is 0 Å². The van der Waals surface area contributed by atoms with Gasteiger partial charge >= 0.3 is 0 Å². The number of likely N-dealkylation sites (N-methyl/N-ethyl adjacent to an activating group) is 1. The predicted octanol–water partition coefficient (Wildman–Crippen LogP) is 4.65. The van der Waals surface area contributed by atoms with Crippen molar-refractivity contribution >= 4 is 40.4 Å². The minimum Gasteiger partial charge on any atom is -0.493 e. The molecule has 0 bridgehead atoms. The van der Waals surface area contributed by atoms with Crippen LogP contribution in [0.15, 0.2) is 36.8 Å². The fourth-order valence-corrected chi connectivity index (χ4v) is 4.43. The van der Waals surface area contributed by atoms with Crippen LogP contribution in [-0.2, 0) is 6.61 Å². The van der Waals surface area contributed by atoms with Crippen LogP contribution >= 0.6 is 23.2 Å². The van der Waals surface area contributed by atoms with Gasteiger partial charge in [0.15, 0.2) is 23.1 Å². The van der Waals surface area contributed by atoms with Gasteiger partial charge in [-0.1, -0.05) is 23.2 Å². The first-order valence-corrected chi connectivity index (χ1v) is 11.8. The fraction of sp³-hybridized carbons (Fsp3) is 0.320. The molecular formula is C25H27Cl2FN6O2. The van der Waals surface area contributed by atoms with E-state index in [1.807, 2.05) is 19.0 Å². The van der Waals surface area contributed by atoms with Crippen LogP contribution in [-0.4, -0.2) is 60.4 Å². The summed E-state index contributed by atoms with van der Waals surface area (Å²) in [6.07, 6.45) is 4.42. The van der Waals surface area contributed by atoms with Crippen molar-refractivity contribution in [1.82, 2.24) is 14.9 Å². The van der Waals surface area contributed by atoms with Gasteiger partial charge in [-0.3, -0.25) is 10.4 Å². The van der Waals surface area contributed by atoms with E-state index in [0.717, 1.165) is 0 Å². The van der Waals surface area contributed by atoms with Gasteiger partial charge in [-0.05, 0) is 33.2 Å². The van der Waals surface area contributed by atoms with Gasteiger partial charge in [-0.15, -0.1) is 0 Å². The summed E-state index contributed by atoms with van der Waals surface area (Å²) >= 11 is 12.4. The number of halogens is 3. The average molecular weight is 533 g/mol. The molecule has 0 saturated carbocycles. The molecule has 0 radical (unpaired) electrons. The van der Waals surface area contributed by atoms with Crippen LogP contribution in [0.3, 0.4) is 0 Å². The Hall–Kier alpha value is -3.14. The number of methoxy groups -OCH3 is 1. The lowest BCUT2D eigenvalue weighted by Gasteiger charge is -2.52. The largest absolute Gasteiger partial charge is 0.493 e. The normalized spacial score (nSPS) is 14.5. The highest BCUT2D eigenvalue weighted by atomic mass is 35.5. The van der Waals surface area contributed by atoms with Gasteiger partial charge in [0.2, 0.25) is 0 Å². The van der Waals surface area contributed by atoms with Gasteiger partial charge in [-0.2, -0.15) is 0 Å². The predicted molar refractivity (Wildman–Crippen MR) is 140 cm³/mol. The van der Waals surface area contributed by atoms with Crippen molar-refractivity contribution in [2.24, 2.45) is 0 Å². The minimum absolute atomic E-state index is 0.000307. The SMILES string of the molecule is COc1cc(N)c(C(=N)c2cnc(N3CC(C)(N(C)C)C3)c(F)c2)cc1OCc1c(Cl)cncc1Cl. The maximum atomic E-state index is 15.0. The Morgan fingerprint density at radius 3 is 2.42 bits per heavy atom. The highest BCUT2D eigenvalue weighted by molar-refractivity contribution is 6.35. The second-order valence-electron chi connectivity index (χ2n) is 9.11. The van der Waals surface area contributed by atoms with Crippen LogP contribution in [0, 0.1) is 11.2 Å². The van der Waals surface area contributed by atoms with Gasteiger partial charge in [0.1, 0.15) is 6.61 Å². The number of nitrogens with two attached hydrogens (primary N) is 1. The third-order valence-corrected chi connectivity index (χ3v) is 7.13. The number of nitrogens with one attached hydrogen (secondary N) is 1. The molecule has 3 aromatic rings. The van der Waals surface area contributed by atoms with Crippen LogP contribution in [0.25, 0.3) is 0 Å². The lowest BCUT2D eigenvalue weighted by atomic mass is 9.91. The Morgan fingerprint density at radius 1 is 1.17 bits per heavy atom. The zero-order valence-corrected chi connectivity index (χ0v) is 21.9. The zero-order chi connectivity index (χ0) is 26.2. The number of pyridine rings is 2. The molecule has 1 aliphatic heterocycles. The Kier molecular flexibility index (Phi) is 7.26. The van der Waals surface area contributed by atoms with Crippen LogP contribution in [0.2, 0.25) is 10.0 Å². The number of benzene rings is 1. The Labute approximate surface area is 219 Å². The van der Waals surface area contributed by atoms with E-state index in [-0.39, 0.29) is 34.9 Å². The van der Waals surface area contributed by atoms with Crippen LogP contribution < -0.4 is 20.1 Å². The van der Waals surface area contributed by atoms with Crippen molar-refractivity contribution in [2.75, 3.05) is 44.9 Å². The topological polar surface area (TPSA) is 101 Å². The number of ether oxygens (including phenoxy) is 2. The van der Waals surface area contributed by atoms with Crippen LogP contribution in [0.1, 0.15) is 23.6 Å². The summed E-state index contributed by atoms with van der Waals surface area (Å²) in [6, 6.07) is 4.43. The quantitative estimate of drug-likeness (QED) is 0.321. The molecule has 8 nitrogen and oxygen atoms in total. The number of aromatic nitrogens is 2. The highest BCUT2D eigenvalue weighted by Crippen LogP contribution is 2.36. The van der Waals surface area contributed by atoms with Crippen LogP contribution in [0.4, 0.5) is 15.9 Å². The molecule has 1 fully saturated rings. The zero-order valence-electron chi connectivity index (χ0n) is 20.4. The molecule has 0 unspecified atom stereocenters. The maximum absolute atomic E-state index is 15.0. The van der Waals surface area contributed by atoms with E-state index in [2.05, 4.69) is 21.8 Å². The van der Waals surface area contributed by atoms with E-state index < -0.39 is 5.82 Å². The molecule has 0 aliphatic carbocycles. The number of anilines is 2. The number of hydrogen-bond acceptors (Lipinski definition) is 8. The summed E-state index contributed by atoms with van der Waals surface area (Å²) in [5.74, 6) is 0.461. The number of rotatable bonds is 8. The molecule has 2 aromatic heterocycles. The summed E-state index contributed by atoms with van der Waals surface area (Å²) in [5.41, 5.74) is 7.64. The van der Waals surface area contributed by atoms with Gasteiger partial charge in [0.05, 0.1) is 28.4 Å². The van der Waals surface area contributed by atoms with Gasteiger partial charge in [0, 0.05) is 60.1 Å². The van der Waals surface area contributed by atoms with Crippen molar-refractivity contribution < 1.29 is 13.9 Å². The molecule has 0 spiro atoms. The molecule has 4 rings (SSSR count).